The molecule has 1 aromatic carbocycles. The number of nitrogens with zero attached hydrogens (tertiary/aromatic N) is 1. The molecule has 21 heavy (non-hydrogen) atoms. The van der Waals surface area contributed by atoms with Gasteiger partial charge in [-0.05, 0) is 36.8 Å². The van der Waals surface area contributed by atoms with Crippen molar-refractivity contribution in [2.24, 2.45) is 5.92 Å². The summed E-state index contributed by atoms with van der Waals surface area (Å²) in [5, 5.41) is 12.1. The minimum atomic E-state index is -0.449. The normalized spacial score (nSPS) is 11.9. The molecular formula is C16H17FN2O2. The Balaban J connectivity index is 1.89. The molecule has 0 aliphatic heterocycles. The standard InChI is InChI=1S/C16H17FN2O2/c17-14-5-3-4-13(9-14)16(21)19-10-12(11-20)8-15-6-1-2-7-18-15/h1-7,9,12,20H,8,10-11H2,(H,19,21). The number of aliphatic hydroxyl groups excluding tert-OH is 1. The van der Waals surface area contributed by atoms with Crippen LogP contribution in [-0.4, -0.2) is 29.1 Å². The minimum absolute atomic E-state index is 0.0556. The highest BCUT2D eigenvalue weighted by Gasteiger charge is 2.12. The smallest absolute Gasteiger partial charge is 0.251 e. The maximum atomic E-state index is 13.1. The van der Waals surface area contributed by atoms with E-state index >= 15 is 0 Å². The lowest BCUT2D eigenvalue weighted by Crippen LogP contribution is -2.32. The zero-order valence-corrected chi connectivity index (χ0v) is 11.5. The van der Waals surface area contributed by atoms with Gasteiger partial charge in [0.25, 0.3) is 5.91 Å². The number of halogens is 1. The Hall–Kier alpha value is -2.27. The van der Waals surface area contributed by atoms with Crippen molar-refractivity contribution in [2.75, 3.05) is 13.2 Å². The van der Waals surface area contributed by atoms with Crippen LogP contribution < -0.4 is 5.32 Å². The highest BCUT2D eigenvalue weighted by Crippen LogP contribution is 2.07. The highest BCUT2D eigenvalue weighted by molar-refractivity contribution is 5.94. The van der Waals surface area contributed by atoms with Gasteiger partial charge in [0.15, 0.2) is 0 Å². The highest BCUT2D eigenvalue weighted by atomic mass is 19.1. The molecule has 0 saturated heterocycles. The van der Waals surface area contributed by atoms with Gasteiger partial charge in [-0.15, -0.1) is 0 Å². The SMILES string of the molecule is O=C(NCC(CO)Cc1ccccn1)c1cccc(F)c1. The number of hydrogen-bond donors (Lipinski definition) is 2. The first kappa shape index (κ1) is 15.1. The van der Waals surface area contributed by atoms with Gasteiger partial charge in [0.05, 0.1) is 0 Å². The number of aromatic nitrogens is 1. The molecule has 0 aliphatic rings. The predicted octanol–water partition coefficient (Wildman–Crippen LogP) is 1.80. The number of hydrogen-bond acceptors (Lipinski definition) is 3. The van der Waals surface area contributed by atoms with Crippen LogP contribution in [0.4, 0.5) is 4.39 Å². The lowest BCUT2D eigenvalue weighted by molar-refractivity contribution is 0.0939. The van der Waals surface area contributed by atoms with Gasteiger partial charge in [-0.3, -0.25) is 9.78 Å². The molecule has 0 aliphatic carbocycles. The molecule has 0 saturated carbocycles. The summed E-state index contributed by atoms with van der Waals surface area (Å²) in [6, 6.07) is 11.1. The molecule has 2 aromatic rings. The molecule has 1 amide bonds. The van der Waals surface area contributed by atoms with Crippen molar-refractivity contribution in [2.45, 2.75) is 6.42 Å². The number of carbonyl (C=O) groups is 1. The number of nitrogens with one attached hydrogen (secondary N) is 1. The zero-order chi connectivity index (χ0) is 15.1. The maximum Gasteiger partial charge on any atom is 0.251 e. The van der Waals surface area contributed by atoms with Crippen molar-refractivity contribution in [3.63, 3.8) is 0 Å². The first-order valence-corrected chi connectivity index (χ1v) is 6.73. The van der Waals surface area contributed by atoms with Crippen LogP contribution in [0.15, 0.2) is 48.7 Å². The number of pyridine rings is 1. The Morgan fingerprint density at radius 3 is 2.81 bits per heavy atom. The molecular weight excluding hydrogens is 271 g/mol. The Bertz CT molecular complexity index is 590. The molecule has 0 bridgehead atoms. The van der Waals surface area contributed by atoms with Crippen LogP contribution in [0.5, 0.6) is 0 Å². The number of amides is 1. The van der Waals surface area contributed by atoms with Gasteiger partial charge < -0.3 is 10.4 Å². The molecule has 2 N–H and O–H groups in total. The average Bonchev–Trinajstić information content (AvgIpc) is 2.52. The van der Waals surface area contributed by atoms with Gasteiger partial charge in [0.2, 0.25) is 0 Å². The van der Waals surface area contributed by atoms with E-state index in [0.29, 0.717) is 13.0 Å². The van der Waals surface area contributed by atoms with E-state index in [1.54, 1.807) is 12.3 Å². The van der Waals surface area contributed by atoms with Crippen LogP contribution >= 0.6 is 0 Å². The fourth-order valence-corrected chi connectivity index (χ4v) is 1.98. The monoisotopic (exact) mass is 288 g/mol. The van der Waals surface area contributed by atoms with E-state index < -0.39 is 5.82 Å². The number of aliphatic hydroxyl groups is 1. The molecule has 0 spiro atoms. The summed E-state index contributed by atoms with van der Waals surface area (Å²) in [7, 11) is 0. The van der Waals surface area contributed by atoms with E-state index in [9.17, 15) is 14.3 Å². The topological polar surface area (TPSA) is 62.2 Å². The van der Waals surface area contributed by atoms with Crippen molar-refractivity contribution in [3.05, 3.63) is 65.7 Å². The summed E-state index contributed by atoms with van der Waals surface area (Å²) < 4.78 is 13.1. The van der Waals surface area contributed by atoms with Gasteiger partial charge in [0.1, 0.15) is 5.82 Å². The molecule has 2 rings (SSSR count). The second-order valence-corrected chi connectivity index (χ2v) is 4.79. The summed E-state index contributed by atoms with van der Waals surface area (Å²) in [5.74, 6) is -0.929. The summed E-state index contributed by atoms with van der Waals surface area (Å²) >= 11 is 0. The van der Waals surface area contributed by atoms with E-state index in [1.807, 2.05) is 18.2 Å². The minimum Gasteiger partial charge on any atom is -0.396 e. The van der Waals surface area contributed by atoms with Crippen LogP contribution in [0.1, 0.15) is 16.1 Å². The van der Waals surface area contributed by atoms with E-state index in [-0.39, 0.29) is 24.0 Å². The van der Waals surface area contributed by atoms with Crippen molar-refractivity contribution in [1.29, 1.82) is 0 Å². The second kappa shape index (κ2) is 7.50. The first-order valence-electron chi connectivity index (χ1n) is 6.73. The Morgan fingerprint density at radius 1 is 1.29 bits per heavy atom. The van der Waals surface area contributed by atoms with Crippen LogP contribution in [0.2, 0.25) is 0 Å². The summed E-state index contributed by atoms with van der Waals surface area (Å²) in [6.07, 6.45) is 2.26. The zero-order valence-electron chi connectivity index (χ0n) is 11.5. The van der Waals surface area contributed by atoms with Gasteiger partial charge >= 0.3 is 0 Å². The molecule has 5 heteroatoms. The van der Waals surface area contributed by atoms with Crippen LogP contribution in [0.25, 0.3) is 0 Å². The quantitative estimate of drug-likeness (QED) is 0.852. The maximum absolute atomic E-state index is 13.1. The molecule has 1 atom stereocenters. The summed E-state index contributed by atoms with van der Waals surface area (Å²) in [4.78, 5) is 16.1. The first-order chi connectivity index (χ1) is 10.2. The number of rotatable bonds is 6. The predicted molar refractivity (Wildman–Crippen MR) is 77.3 cm³/mol. The van der Waals surface area contributed by atoms with E-state index in [0.717, 1.165) is 5.69 Å². The lowest BCUT2D eigenvalue weighted by Gasteiger charge is -2.14. The fourth-order valence-electron chi connectivity index (χ4n) is 1.98. The molecule has 1 aromatic heterocycles. The van der Waals surface area contributed by atoms with Crippen molar-refractivity contribution in [1.82, 2.24) is 10.3 Å². The largest absolute Gasteiger partial charge is 0.396 e. The average molecular weight is 288 g/mol. The van der Waals surface area contributed by atoms with Crippen LogP contribution in [0.3, 0.4) is 0 Å². The van der Waals surface area contributed by atoms with Gasteiger partial charge in [-0.2, -0.15) is 0 Å². The van der Waals surface area contributed by atoms with Gasteiger partial charge in [-0.1, -0.05) is 12.1 Å². The lowest BCUT2D eigenvalue weighted by atomic mass is 10.0. The fraction of sp³-hybridized carbons (Fsp3) is 0.250. The van der Waals surface area contributed by atoms with Gasteiger partial charge in [-0.25, -0.2) is 4.39 Å². The van der Waals surface area contributed by atoms with Crippen molar-refractivity contribution in [3.8, 4) is 0 Å². The molecule has 0 radical (unpaired) electrons. The summed E-state index contributed by atoms with van der Waals surface area (Å²) in [6.45, 7) is 0.252. The van der Waals surface area contributed by atoms with Crippen molar-refractivity contribution < 1.29 is 14.3 Å². The second-order valence-electron chi connectivity index (χ2n) is 4.79. The van der Waals surface area contributed by atoms with E-state index in [1.165, 1.54) is 18.2 Å². The van der Waals surface area contributed by atoms with E-state index in [2.05, 4.69) is 10.3 Å². The van der Waals surface area contributed by atoms with Crippen molar-refractivity contribution >= 4 is 5.91 Å². The molecule has 1 heterocycles. The third kappa shape index (κ3) is 4.65. The number of carbonyl (C=O) groups excluding carboxylic acids is 1. The van der Waals surface area contributed by atoms with Crippen LogP contribution in [-0.2, 0) is 6.42 Å². The Labute approximate surface area is 122 Å². The molecule has 110 valence electrons. The Kier molecular flexibility index (Phi) is 5.40. The molecule has 0 fully saturated rings. The molecule has 1 unspecified atom stereocenters. The van der Waals surface area contributed by atoms with Crippen LogP contribution in [0, 0.1) is 11.7 Å². The van der Waals surface area contributed by atoms with Gasteiger partial charge in [0, 0.05) is 36.5 Å². The molecule has 4 nitrogen and oxygen atoms in total. The van der Waals surface area contributed by atoms with E-state index in [4.69, 9.17) is 0 Å². The number of benzene rings is 1. The summed E-state index contributed by atoms with van der Waals surface area (Å²) in [5.41, 5.74) is 1.13. The Morgan fingerprint density at radius 2 is 2.14 bits per heavy atom. The third-order valence-electron chi connectivity index (χ3n) is 3.12. The third-order valence-corrected chi connectivity index (χ3v) is 3.12.